The summed E-state index contributed by atoms with van der Waals surface area (Å²) in [6, 6.07) is 18.2. The summed E-state index contributed by atoms with van der Waals surface area (Å²) in [7, 11) is 0. The number of carbonyl (C=O) groups excluding carboxylic acids is 1. The molecule has 1 aliphatic rings. The third kappa shape index (κ3) is 4.43. The maximum absolute atomic E-state index is 12.5. The predicted octanol–water partition coefficient (Wildman–Crippen LogP) is 3.36. The molecule has 0 saturated carbocycles. The lowest BCUT2D eigenvalue weighted by Crippen LogP contribution is -2.33. The zero-order valence-electron chi connectivity index (χ0n) is 15.8. The lowest BCUT2D eigenvalue weighted by atomic mass is 9.99. The number of aromatic nitrogens is 2. The van der Waals surface area contributed by atoms with E-state index in [2.05, 4.69) is 50.5 Å². The molecular weight excluding hydrogens is 348 g/mol. The van der Waals surface area contributed by atoms with Crippen LogP contribution in [0.2, 0.25) is 0 Å². The zero-order chi connectivity index (χ0) is 19.2. The summed E-state index contributed by atoms with van der Waals surface area (Å²) in [5.74, 6) is 0.546. The van der Waals surface area contributed by atoms with E-state index in [0.717, 1.165) is 30.9 Å². The molecule has 3 aromatic rings. The van der Waals surface area contributed by atoms with Gasteiger partial charge in [0, 0.05) is 43.2 Å². The minimum atomic E-state index is -0.0513. The molecule has 0 spiro atoms. The van der Waals surface area contributed by atoms with Crippen LogP contribution in [-0.2, 0) is 0 Å². The van der Waals surface area contributed by atoms with Gasteiger partial charge in [0.15, 0.2) is 0 Å². The summed E-state index contributed by atoms with van der Waals surface area (Å²) in [5, 5.41) is 3.04. The van der Waals surface area contributed by atoms with E-state index in [1.54, 1.807) is 18.6 Å². The van der Waals surface area contributed by atoms with Crippen LogP contribution < -0.4 is 5.32 Å². The van der Waals surface area contributed by atoms with E-state index < -0.39 is 0 Å². The first-order valence-electron chi connectivity index (χ1n) is 9.71. The Labute approximate surface area is 165 Å². The van der Waals surface area contributed by atoms with Gasteiger partial charge in [0.1, 0.15) is 0 Å². The fourth-order valence-electron chi connectivity index (χ4n) is 3.73. The van der Waals surface area contributed by atoms with Crippen molar-refractivity contribution in [1.29, 1.82) is 0 Å². The summed E-state index contributed by atoms with van der Waals surface area (Å²) in [6.45, 7) is 3.66. The molecular formula is C23H24N4O. The zero-order valence-corrected chi connectivity index (χ0v) is 15.8. The van der Waals surface area contributed by atoms with Crippen LogP contribution in [0.15, 0.2) is 73.2 Å². The van der Waals surface area contributed by atoms with Crippen LogP contribution in [0.1, 0.15) is 28.3 Å². The van der Waals surface area contributed by atoms with E-state index in [9.17, 15) is 4.79 Å². The van der Waals surface area contributed by atoms with Crippen LogP contribution in [0.4, 0.5) is 0 Å². The molecule has 1 aromatic heterocycles. The SMILES string of the molecule is O=C(NCCN1CC[C@H](c2ccccc2)C1)c1cccc(-c2cnccn2)c1. The van der Waals surface area contributed by atoms with Crippen molar-refractivity contribution in [3.8, 4) is 11.3 Å². The fourth-order valence-corrected chi connectivity index (χ4v) is 3.73. The van der Waals surface area contributed by atoms with Crippen LogP contribution in [0.3, 0.4) is 0 Å². The molecule has 1 N–H and O–H groups in total. The van der Waals surface area contributed by atoms with Gasteiger partial charge in [0.2, 0.25) is 0 Å². The number of hydrogen-bond acceptors (Lipinski definition) is 4. The topological polar surface area (TPSA) is 58.1 Å². The molecule has 0 unspecified atom stereocenters. The summed E-state index contributed by atoms with van der Waals surface area (Å²) >= 11 is 0. The van der Waals surface area contributed by atoms with E-state index >= 15 is 0 Å². The Hall–Kier alpha value is -3.05. The Morgan fingerprint density at radius 3 is 2.82 bits per heavy atom. The van der Waals surface area contributed by atoms with Crippen LogP contribution in [0.5, 0.6) is 0 Å². The molecule has 2 aromatic carbocycles. The molecule has 1 fully saturated rings. The average molecular weight is 372 g/mol. The predicted molar refractivity (Wildman–Crippen MR) is 110 cm³/mol. The van der Waals surface area contributed by atoms with Crippen LogP contribution in [0, 0.1) is 0 Å². The van der Waals surface area contributed by atoms with Gasteiger partial charge in [0.25, 0.3) is 5.91 Å². The van der Waals surface area contributed by atoms with Crippen molar-refractivity contribution in [2.75, 3.05) is 26.2 Å². The fraction of sp³-hybridized carbons (Fsp3) is 0.261. The van der Waals surface area contributed by atoms with Gasteiger partial charge in [0.05, 0.1) is 11.9 Å². The first-order chi connectivity index (χ1) is 13.8. The highest BCUT2D eigenvalue weighted by molar-refractivity contribution is 5.95. The van der Waals surface area contributed by atoms with Crippen LogP contribution in [-0.4, -0.2) is 47.0 Å². The number of hydrogen-bond donors (Lipinski definition) is 1. The second-order valence-electron chi connectivity index (χ2n) is 7.12. The maximum atomic E-state index is 12.5. The van der Waals surface area contributed by atoms with Gasteiger partial charge < -0.3 is 10.2 Å². The highest BCUT2D eigenvalue weighted by Crippen LogP contribution is 2.26. The summed E-state index contributed by atoms with van der Waals surface area (Å²) in [6.07, 6.45) is 6.17. The molecule has 4 rings (SSSR count). The number of carbonyl (C=O) groups is 1. The first-order valence-corrected chi connectivity index (χ1v) is 9.71. The highest BCUT2D eigenvalue weighted by atomic mass is 16.1. The average Bonchev–Trinajstić information content (AvgIpc) is 3.24. The third-order valence-corrected chi connectivity index (χ3v) is 5.24. The number of benzene rings is 2. The van der Waals surface area contributed by atoms with Crippen LogP contribution in [0.25, 0.3) is 11.3 Å². The second kappa shape index (κ2) is 8.76. The number of nitrogens with zero attached hydrogens (tertiary/aromatic N) is 3. The lowest BCUT2D eigenvalue weighted by molar-refractivity contribution is 0.0949. The third-order valence-electron chi connectivity index (χ3n) is 5.24. The van der Waals surface area contributed by atoms with E-state index in [1.807, 2.05) is 24.3 Å². The molecule has 5 heteroatoms. The quantitative estimate of drug-likeness (QED) is 0.721. The Kier molecular flexibility index (Phi) is 5.73. The van der Waals surface area contributed by atoms with Crippen molar-refractivity contribution in [3.05, 3.63) is 84.3 Å². The Bertz CT molecular complexity index is 914. The minimum absolute atomic E-state index is 0.0513. The molecule has 0 aliphatic carbocycles. The molecule has 28 heavy (non-hydrogen) atoms. The molecule has 2 heterocycles. The monoisotopic (exact) mass is 372 g/mol. The van der Waals surface area contributed by atoms with Crippen molar-refractivity contribution >= 4 is 5.91 Å². The van der Waals surface area contributed by atoms with E-state index in [0.29, 0.717) is 18.0 Å². The highest BCUT2D eigenvalue weighted by Gasteiger charge is 2.23. The number of nitrogens with one attached hydrogen (secondary N) is 1. The molecule has 5 nitrogen and oxygen atoms in total. The van der Waals surface area contributed by atoms with E-state index in [-0.39, 0.29) is 5.91 Å². The smallest absolute Gasteiger partial charge is 0.251 e. The van der Waals surface area contributed by atoms with Gasteiger partial charge >= 0.3 is 0 Å². The summed E-state index contributed by atoms with van der Waals surface area (Å²) < 4.78 is 0. The largest absolute Gasteiger partial charge is 0.351 e. The number of rotatable bonds is 6. The summed E-state index contributed by atoms with van der Waals surface area (Å²) in [4.78, 5) is 23.3. The van der Waals surface area contributed by atoms with Crippen molar-refractivity contribution in [2.24, 2.45) is 0 Å². The second-order valence-corrected chi connectivity index (χ2v) is 7.12. The molecule has 0 radical (unpaired) electrons. The van der Waals surface area contributed by atoms with Gasteiger partial charge in [-0.3, -0.25) is 14.8 Å². The van der Waals surface area contributed by atoms with Gasteiger partial charge in [-0.2, -0.15) is 0 Å². The number of likely N-dealkylation sites (tertiary alicyclic amines) is 1. The van der Waals surface area contributed by atoms with Gasteiger partial charge in [-0.15, -0.1) is 0 Å². The molecule has 1 atom stereocenters. The van der Waals surface area contributed by atoms with Gasteiger partial charge in [-0.1, -0.05) is 42.5 Å². The van der Waals surface area contributed by atoms with Crippen molar-refractivity contribution < 1.29 is 4.79 Å². The Balaban J connectivity index is 1.28. The Morgan fingerprint density at radius 1 is 1.11 bits per heavy atom. The molecule has 142 valence electrons. The molecule has 1 amide bonds. The maximum Gasteiger partial charge on any atom is 0.251 e. The van der Waals surface area contributed by atoms with Crippen LogP contribution >= 0.6 is 0 Å². The van der Waals surface area contributed by atoms with Crippen molar-refractivity contribution in [1.82, 2.24) is 20.2 Å². The summed E-state index contributed by atoms with van der Waals surface area (Å²) in [5.41, 5.74) is 3.72. The Morgan fingerprint density at radius 2 is 2.00 bits per heavy atom. The van der Waals surface area contributed by atoms with Crippen molar-refractivity contribution in [2.45, 2.75) is 12.3 Å². The normalized spacial score (nSPS) is 16.8. The standard InChI is InChI=1S/C23H24N4O/c28-23(20-8-4-7-19(15-20)22-16-24-10-11-25-22)26-12-14-27-13-9-21(17-27)18-5-2-1-3-6-18/h1-8,10-11,15-16,21H,9,12-14,17H2,(H,26,28)/t21-/m0/s1. The lowest BCUT2D eigenvalue weighted by Gasteiger charge is -2.16. The van der Waals surface area contributed by atoms with Crippen molar-refractivity contribution in [3.63, 3.8) is 0 Å². The van der Waals surface area contributed by atoms with E-state index in [1.165, 1.54) is 12.0 Å². The minimum Gasteiger partial charge on any atom is -0.351 e. The molecule has 1 saturated heterocycles. The molecule has 0 bridgehead atoms. The first kappa shape index (κ1) is 18.3. The van der Waals surface area contributed by atoms with Gasteiger partial charge in [-0.05, 0) is 36.6 Å². The van der Waals surface area contributed by atoms with Gasteiger partial charge in [-0.25, -0.2) is 0 Å². The number of amides is 1. The van der Waals surface area contributed by atoms with E-state index in [4.69, 9.17) is 0 Å². The molecule has 1 aliphatic heterocycles.